The summed E-state index contributed by atoms with van der Waals surface area (Å²) in [5.74, 6) is 0. The molecule has 1 nitrogen and oxygen atoms in total. The lowest BCUT2D eigenvalue weighted by Crippen LogP contribution is -2.07. The maximum absolute atomic E-state index is 4.13. The molecule has 0 aliphatic carbocycles. The van der Waals surface area contributed by atoms with E-state index in [0.29, 0.717) is 0 Å². The first-order chi connectivity index (χ1) is 9.19. The van der Waals surface area contributed by atoms with E-state index in [9.17, 15) is 0 Å². The van der Waals surface area contributed by atoms with E-state index in [1.165, 1.54) is 5.57 Å². The van der Waals surface area contributed by atoms with Crippen molar-refractivity contribution in [2.45, 2.75) is 19.8 Å². The molecule has 0 spiro atoms. The van der Waals surface area contributed by atoms with Gasteiger partial charge >= 0.3 is 0 Å². The van der Waals surface area contributed by atoms with Crippen molar-refractivity contribution in [3.63, 3.8) is 0 Å². The van der Waals surface area contributed by atoms with Crippen LogP contribution in [-0.4, -0.2) is 7.05 Å². The summed E-state index contributed by atoms with van der Waals surface area (Å²) >= 11 is 0. The standard InChI is InChI=1S/C18H25N/c1-6-9-12-17(11-8-3)15-14-16(4)18(19-5)13-10-7-2/h6-13,19H,1,3-4,14-15H2,2,5H3/b10-7-,12-9-,17-11+,18-13+. The fourth-order valence-electron chi connectivity index (χ4n) is 1.57. The van der Waals surface area contributed by atoms with E-state index >= 15 is 0 Å². The van der Waals surface area contributed by atoms with Crippen LogP contribution in [-0.2, 0) is 0 Å². The van der Waals surface area contributed by atoms with Gasteiger partial charge in [0.1, 0.15) is 0 Å². The number of rotatable bonds is 9. The first kappa shape index (κ1) is 17.0. The maximum Gasteiger partial charge on any atom is 0.0364 e. The predicted octanol–water partition coefficient (Wildman–Crippen LogP) is 4.86. The van der Waals surface area contributed by atoms with Gasteiger partial charge in [-0.25, -0.2) is 0 Å². The Kier molecular flexibility index (Phi) is 9.91. The van der Waals surface area contributed by atoms with Gasteiger partial charge < -0.3 is 5.32 Å². The van der Waals surface area contributed by atoms with Gasteiger partial charge in [0.05, 0.1) is 0 Å². The van der Waals surface area contributed by atoms with Crippen molar-refractivity contribution < 1.29 is 0 Å². The molecule has 0 atom stereocenters. The average Bonchev–Trinajstić information content (AvgIpc) is 2.42. The molecular formula is C18H25N. The lowest BCUT2D eigenvalue weighted by molar-refractivity contribution is 0.900. The molecule has 102 valence electrons. The highest BCUT2D eigenvalue weighted by Crippen LogP contribution is 2.16. The summed E-state index contributed by atoms with van der Waals surface area (Å²) in [5.41, 5.74) is 3.39. The highest BCUT2D eigenvalue weighted by Gasteiger charge is 2.01. The molecule has 0 amide bonds. The van der Waals surface area contributed by atoms with Crippen LogP contribution in [0.1, 0.15) is 19.8 Å². The second-order valence-electron chi connectivity index (χ2n) is 4.03. The Hall–Kier alpha value is -2.02. The number of likely N-dealkylation sites (N-methyl/N-ethyl adjacent to an activating group) is 1. The summed E-state index contributed by atoms with van der Waals surface area (Å²) in [7, 11) is 1.92. The highest BCUT2D eigenvalue weighted by atomic mass is 14.8. The summed E-state index contributed by atoms with van der Waals surface area (Å²) in [4.78, 5) is 0. The van der Waals surface area contributed by atoms with Crippen molar-refractivity contribution in [1.29, 1.82) is 0 Å². The first-order valence-corrected chi connectivity index (χ1v) is 6.49. The molecule has 0 fully saturated rings. The summed E-state index contributed by atoms with van der Waals surface area (Å²) < 4.78 is 0. The topological polar surface area (TPSA) is 12.0 Å². The molecule has 0 aromatic rings. The third-order valence-corrected chi connectivity index (χ3v) is 2.60. The van der Waals surface area contributed by atoms with E-state index in [0.717, 1.165) is 24.1 Å². The van der Waals surface area contributed by atoms with E-state index in [1.54, 1.807) is 12.2 Å². The molecule has 0 aliphatic heterocycles. The van der Waals surface area contributed by atoms with E-state index in [2.05, 4.69) is 31.1 Å². The van der Waals surface area contributed by atoms with Crippen LogP contribution >= 0.6 is 0 Å². The minimum atomic E-state index is 0.908. The Bertz CT molecular complexity index is 417. The zero-order valence-electron chi connectivity index (χ0n) is 12.2. The molecule has 0 saturated carbocycles. The van der Waals surface area contributed by atoms with E-state index in [-0.39, 0.29) is 0 Å². The zero-order chi connectivity index (χ0) is 14.5. The fraction of sp³-hybridized carbons (Fsp3) is 0.222. The van der Waals surface area contributed by atoms with Crippen molar-refractivity contribution >= 4 is 0 Å². The normalized spacial score (nSPS) is 12.9. The highest BCUT2D eigenvalue weighted by molar-refractivity contribution is 5.32. The third kappa shape index (κ3) is 7.82. The minimum absolute atomic E-state index is 0.908. The van der Waals surface area contributed by atoms with Crippen LogP contribution in [0, 0.1) is 0 Å². The number of hydrogen-bond acceptors (Lipinski definition) is 1. The van der Waals surface area contributed by atoms with E-state index in [1.807, 2.05) is 44.4 Å². The van der Waals surface area contributed by atoms with Gasteiger partial charge in [-0.15, -0.1) is 0 Å². The van der Waals surface area contributed by atoms with Crippen molar-refractivity contribution in [3.8, 4) is 0 Å². The molecule has 0 aliphatic rings. The van der Waals surface area contributed by atoms with Crippen LogP contribution < -0.4 is 5.32 Å². The third-order valence-electron chi connectivity index (χ3n) is 2.60. The molecule has 0 bridgehead atoms. The lowest BCUT2D eigenvalue weighted by Gasteiger charge is -2.10. The zero-order valence-corrected chi connectivity index (χ0v) is 12.2. The molecule has 0 saturated heterocycles. The molecule has 0 aromatic carbocycles. The van der Waals surface area contributed by atoms with Gasteiger partial charge in [0.25, 0.3) is 0 Å². The maximum atomic E-state index is 4.13. The smallest absolute Gasteiger partial charge is 0.0364 e. The Balaban J connectivity index is 4.63. The van der Waals surface area contributed by atoms with Gasteiger partial charge in [-0.05, 0) is 37.0 Å². The summed E-state index contributed by atoms with van der Waals surface area (Å²) in [6.45, 7) is 13.5. The molecule has 0 aromatic heterocycles. The van der Waals surface area contributed by atoms with Crippen LogP contribution in [0.5, 0.6) is 0 Å². The monoisotopic (exact) mass is 255 g/mol. The summed E-state index contributed by atoms with van der Waals surface area (Å²) in [6, 6.07) is 0. The van der Waals surface area contributed by atoms with Crippen LogP contribution in [0.2, 0.25) is 0 Å². The summed E-state index contributed by atoms with van der Waals surface area (Å²) in [5, 5.41) is 3.17. The second-order valence-corrected chi connectivity index (χ2v) is 4.03. The van der Waals surface area contributed by atoms with Crippen molar-refractivity contribution in [2.24, 2.45) is 0 Å². The van der Waals surface area contributed by atoms with Gasteiger partial charge in [-0.3, -0.25) is 0 Å². The predicted molar refractivity (Wildman–Crippen MR) is 87.9 cm³/mol. The van der Waals surface area contributed by atoms with Crippen molar-refractivity contribution in [2.75, 3.05) is 7.05 Å². The van der Waals surface area contributed by atoms with Gasteiger partial charge in [-0.2, -0.15) is 0 Å². The molecular weight excluding hydrogens is 230 g/mol. The minimum Gasteiger partial charge on any atom is -0.388 e. The van der Waals surface area contributed by atoms with Crippen LogP contribution in [0.4, 0.5) is 0 Å². The fourth-order valence-corrected chi connectivity index (χ4v) is 1.57. The Labute approximate surface area is 118 Å². The lowest BCUT2D eigenvalue weighted by atomic mass is 10.0. The molecule has 1 N–H and O–H groups in total. The van der Waals surface area contributed by atoms with Gasteiger partial charge in [0.15, 0.2) is 0 Å². The average molecular weight is 255 g/mol. The first-order valence-electron chi connectivity index (χ1n) is 6.49. The quantitative estimate of drug-likeness (QED) is 0.580. The van der Waals surface area contributed by atoms with Crippen LogP contribution in [0.15, 0.2) is 85.2 Å². The molecule has 19 heavy (non-hydrogen) atoms. The number of allylic oxidation sites excluding steroid dienone is 10. The Morgan fingerprint density at radius 2 is 1.79 bits per heavy atom. The largest absolute Gasteiger partial charge is 0.388 e. The molecule has 0 heterocycles. The van der Waals surface area contributed by atoms with Crippen LogP contribution in [0.3, 0.4) is 0 Å². The SMILES string of the molecule is C=C/C=C\C(=C/C=C)CCC(=C)/C(=C\C=C/C)NC. The number of nitrogens with one attached hydrogen (secondary N) is 1. The second kappa shape index (κ2) is 11.1. The Morgan fingerprint density at radius 1 is 1.05 bits per heavy atom. The number of hydrogen-bond donors (Lipinski definition) is 1. The summed E-state index contributed by atoms with van der Waals surface area (Å²) in [6.07, 6.45) is 17.5. The Morgan fingerprint density at radius 3 is 2.32 bits per heavy atom. The molecule has 1 heteroatoms. The van der Waals surface area contributed by atoms with Gasteiger partial charge in [0, 0.05) is 12.7 Å². The van der Waals surface area contributed by atoms with Crippen LogP contribution in [0.25, 0.3) is 0 Å². The van der Waals surface area contributed by atoms with E-state index < -0.39 is 0 Å². The van der Waals surface area contributed by atoms with Gasteiger partial charge in [0.2, 0.25) is 0 Å². The van der Waals surface area contributed by atoms with Crippen molar-refractivity contribution in [1.82, 2.24) is 5.32 Å². The molecule has 0 radical (unpaired) electrons. The molecule has 0 unspecified atom stereocenters. The van der Waals surface area contributed by atoms with Crippen molar-refractivity contribution in [3.05, 3.63) is 85.2 Å². The van der Waals surface area contributed by atoms with E-state index in [4.69, 9.17) is 0 Å². The molecule has 0 rings (SSSR count). The van der Waals surface area contributed by atoms with Gasteiger partial charge in [-0.1, -0.05) is 62.3 Å².